The molecule has 1 aliphatic rings. The maximum atomic E-state index is 11.4. The largest absolute Gasteiger partial charge is 0.369 e. The summed E-state index contributed by atoms with van der Waals surface area (Å²) in [6.45, 7) is 2.55. The van der Waals surface area contributed by atoms with Gasteiger partial charge >= 0.3 is 0 Å². The first kappa shape index (κ1) is 11.9. The lowest BCUT2D eigenvalue weighted by molar-refractivity contribution is -0.119. The van der Waals surface area contributed by atoms with E-state index < -0.39 is 0 Å². The Morgan fingerprint density at radius 2 is 2.41 bits per heavy atom. The average molecular weight is 232 g/mol. The van der Waals surface area contributed by atoms with Crippen LogP contribution >= 0.6 is 0 Å². The van der Waals surface area contributed by atoms with Crippen LogP contribution in [0.5, 0.6) is 0 Å². The lowest BCUT2D eigenvalue weighted by Crippen LogP contribution is -2.33. The molecule has 0 bridgehead atoms. The van der Waals surface area contributed by atoms with Gasteiger partial charge < -0.3 is 15.5 Å². The first-order valence-corrected chi connectivity index (χ1v) is 5.78. The van der Waals surface area contributed by atoms with Crippen molar-refractivity contribution in [3.63, 3.8) is 0 Å². The summed E-state index contributed by atoms with van der Waals surface area (Å²) in [6, 6.07) is 8.78. The first-order valence-electron chi connectivity index (χ1n) is 5.78. The topological polar surface area (TPSA) is 49.6 Å². The second-order valence-corrected chi connectivity index (χ2v) is 4.69. The van der Waals surface area contributed by atoms with Crippen molar-refractivity contribution in [2.75, 3.05) is 38.6 Å². The molecule has 1 aromatic rings. The highest BCUT2D eigenvalue weighted by molar-refractivity contribution is 5.87. The smallest absolute Gasteiger partial charge is 0.226 e. The van der Waals surface area contributed by atoms with E-state index in [9.17, 15) is 4.79 Å². The van der Waals surface area contributed by atoms with E-state index in [1.165, 1.54) is 0 Å². The molecule has 91 valence electrons. The van der Waals surface area contributed by atoms with Crippen LogP contribution in [0, 0.1) is 6.07 Å². The highest BCUT2D eigenvalue weighted by atomic mass is 16.1. The van der Waals surface area contributed by atoms with Crippen molar-refractivity contribution in [3.05, 3.63) is 29.8 Å². The predicted octanol–water partition coefficient (Wildman–Crippen LogP) is 0.437. The van der Waals surface area contributed by atoms with Crippen molar-refractivity contribution < 1.29 is 4.79 Å². The number of likely N-dealkylation sites (N-methyl/N-ethyl adjacent to an activating group) is 1. The van der Waals surface area contributed by atoms with Gasteiger partial charge in [-0.05, 0) is 31.8 Å². The molecule has 0 saturated carbocycles. The lowest BCUT2D eigenvalue weighted by Gasteiger charge is -2.21. The molecule has 4 nitrogen and oxygen atoms in total. The summed E-state index contributed by atoms with van der Waals surface area (Å²) in [5.74, 6) is -0.424. The summed E-state index contributed by atoms with van der Waals surface area (Å²) in [5, 5.41) is 0. The van der Waals surface area contributed by atoms with E-state index >= 15 is 0 Å². The highest BCUT2D eigenvalue weighted by Gasteiger charge is 2.31. The molecular formula is C13H18N3O. The van der Waals surface area contributed by atoms with E-state index in [2.05, 4.69) is 15.9 Å². The van der Waals surface area contributed by atoms with Crippen molar-refractivity contribution in [1.82, 2.24) is 4.90 Å². The fourth-order valence-corrected chi connectivity index (χ4v) is 2.19. The molecule has 0 saturated heterocycles. The first-order chi connectivity index (χ1) is 8.09. The SMILES string of the molecule is CN(C)CCN1CC(C(N)=O)c2cc[c]cc21. The van der Waals surface area contributed by atoms with E-state index in [1.807, 2.05) is 32.3 Å². The van der Waals surface area contributed by atoms with Crippen molar-refractivity contribution in [2.24, 2.45) is 5.73 Å². The van der Waals surface area contributed by atoms with Gasteiger partial charge in [0.2, 0.25) is 5.91 Å². The van der Waals surface area contributed by atoms with Crippen LogP contribution in [0.3, 0.4) is 0 Å². The van der Waals surface area contributed by atoms with Gasteiger partial charge in [-0.15, -0.1) is 0 Å². The molecule has 0 spiro atoms. The zero-order chi connectivity index (χ0) is 12.4. The molecule has 17 heavy (non-hydrogen) atoms. The number of nitrogens with zero attached hydrogens (tertiary/aromatic N) is 2. The van der Waals surface area contributed by atoms with Gasteiger partial charge in [0.15, 0.2) is 0 Å². The maximum Gasteiger partial charge on any atom is 0.226 e. The van der Waals surface area contributed by atoms with Crippen LogP contribution in [0.1, 0.15) is 11.5 Å². The Labute approximate surface area is 102 Å². The van der Waals surface area contributed by atoms with Gasteiger partial charge in [0.25, 0.3) is 0 Å². The summed E-state index contributed by atoms with van der Waals surface area (Å²) >= 11 is 0. The number of anilines is 1. The zero-order valence-corrected chi connectivity index (χ0v) is 10.3. The number of amides is 1. The molecule has 0 aliphatic carbocycles. The number of benzene rings is 1. The van der Waals surface area contributed by atoms with Crippen LogP contribution in [-0.4, -0.2) is 44.5 Å². The Morgan fingerprint density at radius 1 is 1.65 bits per heavy atom. The zero-order valence-electron chi connectivity index (χ0n) is 10.3. The summed E-state index contributed by atoms with van der Waals surface area (Å²) in [6.07, 6.45) is 0. The molecule has 1 heterocycles. The molecule has 1 atom stereocenters. The van der Waals surface area contributed by atoms with Gasteiger partial charge in [0.1, 0.15) is 0 Å². The van der Waals surface area contributed by atoms with E-state index in [0.29, 0.717) is 6.54 Å². The molecular weight excluding hydrogens is 214 g/mol. The molecule has 1 amide bonds. The number of fused-ring (bicyclic) bond motifs is 1. The highest BCUT2D eigenvalue weighted by Crippen LogP contribution is 2.35. The Bertz CT molecular complexity index is 417. The number of carbonyl (C=O) groups excluding carboxylic acids is 1. The van der Waals surface area contributed by atoms with E-state index in [-0.39, 0.29) is 11.8 Å². The number of primary amides is 1. The van der Waals surface area contributed by atoms with E-state index in [4.69, 9.17) is 5.73 Å². The second kappa shape index (κ2) is 4.75. The van der Waals surface area contributed by atoms with Gasteiger partial charge in [-0.25, -0.2) is 0 Å². The van der Waals surface area contributed by atoms with E-state index in [0.717, 1.165) is 24.3 Å². The summed E-state index contributed by atoms with van der Waals surface area (Å²) in [7, 11) is 4.08. The Kier molecular flexibility index (Phi) is 3.33. The normalized spacial score (nSPS) is 18.5. The molecule has 1 unspecified atom stereocenters. The quantitative estimate of drug-likeness (QED) is 0.819. The molecule has 4 heteroatoms. The second-order valence-electron chi connectivity index (χ2n) is 4.69. The molecule has 1 aromatic carbocycles. The van der Waals surface area contributed by atoms with Gasteiger partial charge in [0, 0.05) is 25.3 Å². The summed E-state index contributed by atoms with van der Waals surface area (Å²) < 4.78 is 0. The van der Waals surface area contributed by atoms with Crippen LogP contribution in [0.4, 0.5) is 5.69 Å². The summed E-state index contributed by atoms with van der Waals surface area (Å²) in [5.41, 5.74) is 7.58. The van der Waals surface area contributed by atoms with Crippen LogP contribution in [0.25, 0.3) is 0 Å². The Morgan fingerprint density at radius 3 is 3.06 bits per heavy atom. The minimum absolute atomic E-state index is 0.179. The van der Waals surface area contributed by atoms with Gasteiger partial charge in [-0.1, -0.05) is 12.1 Å². The van der Waals surface area contributed by atoms with Crippen molar-refractivity contribution >= 4 is 11.6 Å². The third-order valence-corrected chi connectivity index (χ3v) is 3.15. The molecule has 1 aliphatic heterocycles. The van der Waals surface area contributed by atoms with Gasteiger partial charge in [0.05, 0.1) is 5.92 Å². The number of hydrogen-bond acceptors (Lipinski definition) is 3. The molecule has 1 radical (unpaired) electrons. The Balaban J connectivity index is 2.19. The summed E-state index contributed by atoms with van der Waals surface area (Å²) in [4.78, 5) is 15.8. The van der Waals surface area contributed by atoms with Crippen molar-refractivity contribution in [1.29, 1.82) is 0 Å². The molecule has 0 fully saturated rings. The van der Waals surface area contributed by atoms with Gasteiger partial charge in [-0.3, -0.25) is 4.79 Å². The average Bonchev–Trinajstić information content (AvgIpc) is 2.65. The van der Waals surface area contributed by atoms with Crippen LogP contribution in [0.2, 0.25) is 0 Å². The molecule has 2 N–H and O–H groups in total. The fraction of sp³-hybridized carbons (Fsp3) is 0.462. The monoisotopic (exact) mass is 232 g/mol. The standard InChI is InChI=1S/C13H18N3O/c1-15(2)7-8-16-9-11(13(14)17)10-5-3-4-6-12(10)16/h3,5-6,11H,7-9H2,1-2H3,(H2,14,17). The van der Waals surface area contributed by atoms with Crippen molar-refractivity contribution in [3.8, 4) is 0 Å². The minimum Gasteiger partial charge on any atom is -0.369 e. The van der Waals surface area contributed by atoms with Crippen LogP contribution in [0.15, 0.2) is 18.2 Å². The van der Waals surface area contributed by atoms with Crippen molar-refractivity contribution in [2.45, 2.75) is 5.92 Å². The maximum absolute atomic E-state index is 11.4. The van der Waals surface area contributed by atoms with Gasteiger partial charge in [-0.2, -0.15) is 0 Å². The van der Waals surface area contributed by atoms with Crippen LogP contribution < -0.4 is 10.6 Å². The third kappa shape index (κ3) is 2.42. The number of nitrogens with two attached hydrogens (primary N) is 1. The van der Waals surface area contributed by atoms with E-state index in [1.54, 1.807) is 0 Å². The number of rotatable bonds is 4. The third-order valence-electron chi connectivity index (χ3n) is 3.15. The Hall–Kier alpha value is -1.55. The minimum atomic E-state index is -0.246. The number of carbonyl (C=O) groups is 1. The van der Waals surface area contributed by atoms with Crippen LogP contribution in [-0.2, 0) is 4.79 Å². The number of hydrogen-bond donors (Lipinski definition) is 1. The molecule has 0 aromatic heterocycles. The lowest BCUT2D eigenvalue weighted by atomic mass is 10.0. The molecule has 2 rings (SSSR count). The fourth-order valence-electron chi connectivity index (χ4n) is 2.19. The predicted molar refractivity (Wildman–Crippen MR) is 68.0 cm³/mol.